The van der Waals surface area contributed by atoms with Crippen molar-refractivity contribution in [3.63, 3.8) is 0 Å². The number of aldehydes is 1. The van der Waals surface area contributed by atoms with Crippen LogP contribution in [0.2, 0.25) is 0 Å². The molecule has 0 rings (SSSR count). The number of hydrogen-bond donors (Lipinski definition) is 0. The largest absolute Gasteiger partial charge is 0.303 e. The van der Waals surface area contributed by atoms with Crippen LogP contribution >= 0.6 is 0 Å². The van der Waals surface area contributed by atoms with E-state index in [1.54, 1.807) is 0 Å². The molecule has 0 amide bonds. The average molecular weight is 156 g/mol. The van der Waals surface area contributed by atoms with Gasteiger partial charge in [-0.15, -0.1) is 0 Å². The molecule has 0 heterocycles. The normalized spacial score (nSPS) is 7.12. The summed E-state index contributed by atoms with van der Waals surface area (Å²) in [5.74, 6) is 0.0760. The van der Waals surface area contributed by atoms with Crippen LogP contribution in [0, 0.1) is 0 Å². The second kappa shape index (κ2) is 6.86. The Bertz CT molecular complexity index is 80.5. The van der Waals surface area contributed by atoms with Crippen LogP contribution in [0.15, 0.2) is 0 Å². The van der Waals surface area contributed by atoms with Gasteiger partial charge in [-0.05, 0) is 6.92 Å². The van der Waals surface area contributed by atoms with E-state index in [9.17, 15) is 9.59 Å². The van der Waals surface area contributed by atoms with Gasteiger partial charge >= 0.3 is 0 Å². The summed E-state index contributed by atoms with van der Waals surface area (Å²) in [7, 11) is 0. The first kappa shape index (κ1) is 10.8. The number of Topliss-reactive ketones (excluding diaryl/α,β-unsaturated/α-hetero) is 1. The van der Waals surface area contributed by atoms with Gasteiger partial charge in [0.1, 0.15) is 12.1 Å². The predicted octanol–water partition coefficient (Wildman–Crippen LogP) is 0.552. The third-order valence-electron chi connectivity index (χ3n) is 0.614. The van der Waals surface area contributed by atoms with Gasteiger partial charge in [-0.1, -0.05) is 0 Å². The van der Waals surface area contributed by atoms with Crippen molar-refractivity contribution in [1.82, 2.24) is 0 Å². The zero-order valence-corrected chi connectivity index (χ0v) is 5.77. The zero-order valence-electron chi connectivity index (χ0n) is 4.66. The molecule has 0 fully saturated rings. The number of hydrogen-bond acceptors (Lipinski definition) is 2. The Balaban J connectivity index is 0. The minimum atomic E-state index is 0. The Morgan fingerprint density at radius 1 is 1.62 bits per heavy atom. The van der Waals surface area contributed by atoms with Crippen molar-refractivity contribution in [2.45, 2.75) is 19.8 Å². The molecule has 48 valence electrons. The monoisotopic (exact) mass is 156 g/mol. The first-order valence-electron chi connectivity index (χ1n) is 2.20. The van der Waals surface area contributed by atoms with Gasteiger partial charge in [0.05, 0.1) is 0 Å². The maximum Gasteiger partial charge on any atom is 0.130 e. The average Bonchev–Trinajstić information content (AvgIpc) is 1.61. The van der Waals surface area contributed by atoms with E-state index in [0.29, 0.717) is 12.8 Å². The minimum Gasteiger partial charge on any atom is -0.303 e. The van der Waals surface area contributed by atoms with Crippen molar-refractivity contribution in [3.8, 4) is 0 Å². The van der Waals surface area contributed by atoms with Crippen molar-refractivity contribution >= 4 is 12.1 Å². The van der Waals surface area contributed by atoms with E-state index in [1.165, 1.54) is 6.92 Å². The molecule has 0 N–H and O–H groups in total. The maximum atomic E-state index is 10.0. The van der Waals surface area contributed by atoms with Gasteiger partial charge in [0, 0.05) is 29.9 Å². The van der Waals surface area contributed by atoms with E-state index in [4.69, 9.17) is 0 Å². The van der Waals surface area contributed by atoms with Crippen LogP contribution < -0.4 is 0 Å². The SMILES string of the molecule is CC(=O)CCC=O.[Fe]. The molecule has 0 aliphatic carbocycles. The standard InChI is InChI=1S/C5H8O2.Fe/c1-5(7)3-2-4-6;/h4H,2-3H2,1H3;. The first-order valence-corrected chi connectivity index (χ1v) is 2.20. The van der Waals surface area contributed by atoms with Crippen molar-refractivity contribution < 1.29 is 26.7 Å². The van der Waals surface area contributed by atoms with E-state index in [2.05, 4.69) is 0 Å². The summed E-state index contributed by atoms with van der Waals surface area (Å²) >= 11 is 0. The van der Waals surface area contributed by atoms with Gasteiger partial charge < -0.3 is 9.59 Å². The molecule has 0 saturated heterocycles. The van der Waals surface area contributed by atoms with Crippen molar-refractivity contribution in [3.05, 3.63) is 0 Å². The Hall–Kier alpha value is -0.141. The number of carbonyl (C=O) groups excluding carboxylic acids is 2. The summed E-state index contributed by atoms with van der Waals surface area (Å²) in [6, 6.07) is 0. The maximum absolute atomic E-state index is 10.0. The quantitative estimate of drug-likeness (QED) is 0.441. The summed E-state index contributed by atoms with van der Waals surface area (Å²) < 4.78 is 0. The Morgan fingerprint density at radius 3 is 2.25 bits per heavy atom. The minimum absolute atomic E-state index is 0. The number of rotatable bonds is 3. The molecule has 2 nitrogen and oxygen atoms in total. The van der Waals surface area contributed by atoms with Crippen molar-refractivity contribution in [2.75, 3.05) is 0 Å². The van der Waals surface area contributed by atoms with E-state index >= 15 is 0 Å². The van der Waals surface area contributed by atoms with E-state index in [0.717, 1.165) is 6.29 Å². The molecule has 0 aromatic rings. The number of ketones is 1. The molecule has 0 radical (unpaired) electrons. The second-order valence-electron chi connectivity index (χ2n) is 1.41. The zero-order chi connectivity index (χ0) is 5.70. The summed E-state index contributed by atoms with van der Waals surface area (Å²) in [6.07, 6.45) is 1.51. The van der Waals surface area contributed by atoms with Crippen LogP contribution in [0.4, 0.5) is 0 Å². The van der Waals surface area contributed by atoms with Crippen molar-refractivity contribution in [2.24, 2.45) is 0 Å². The van der Waals surface area contributed by atoms with E-state index in [1.807, 2.05) is 0 Å². The van der Waals surface area contributed by atoms with E-state index < -0.39 is 0 Å². The molecule has 0 unspecified atom stereocenters. The van der Waals surface area contributed by atoms with Crippen LogP contribution in [-0.4, -0.2) is 12.1 Å². The van der Waals surface area contributed by atoms with Gasteiger partial charge in [-0.3, -0.25) is 0 Å². The summed E-state index contributed by atoms with van der Waals surface area (Å²) in [5.41, 5.74) is 0. The van der Waals surface area contributed by atoms with Gasteiger partial charge in [0.15, 0.2) is 0 Å². The van der Waals surface area contributed by atoms with Gasteiger partial charge in [-0.2, -0.15) is 0 Å². The molecule has 0 aromatic carbocycles. The van der Waals surface area contributed by atoms with Gasteiger partial charge in [0.2, 0.25) is 0 Å². The smallest absolute Gasteiger partial charge is 0.130 e. The van der Waals surface area contributed by atoms with Gasteiger partial charge in [-0.25, -0.2) is 0 Å². The van der Waals surface area contributed by atoms with Gasteiger partial charge in [0.25, 0.3) is 0 Å². The molecular formula is C5H8FeO2. The van der Waals surface area contributed by atoms with Crippen LogP contribution in [0.5, 0.6) is 0 Å². The molecule has 0 aliphatic rings. The predicted molar refractivity (Wildman–Crippen MR) is 26.0 cm³/mol. The molecular weight excluding hydrogens is 148 g/mol. The molecule has 0 bridgehead atoms. The van der Waals surface area contributed by atoms with Crippen molar-refractivity contribution in [1.29, 1.82) is 0 Å². The van der Waals surface area contributed by atoms with Crippen LogP contribution in [0.1, 0.15) is 19.8 Å². The number of carbonyl (C=O) groups is 2. The summed E-state index contributed by atoms with van der Waals surface area (Å²) in [4.78, 5) is 19.6. The van der Waals surface area contributed by atoms with Crippen LogP contribution in [0.3, 0.4) is 0 Å². The Labute approximate surface area is 59.1 Å². The summed E-state index contributed by atoms with van der Waals surface area (Å²) in [5, 5.41) is 0. The molecule has 8 heavy (non-hydrogen) atoms. The third kappa shape index (κ3) is 9.29. The first-order chi connectivity index (χ1) is 3.27. The van der Waals surface area contributed by atoms with Crippen LogP contribution in [0.25, 0.3) is 0 Å². The van der Waals surface area contributed by atoms with E-state index in [-0.39, 0.29) is 22.9 Å². The third-order valence-corrected chi connectivity index (χ3v) is 0.614. The second-order valence-corrected chi connectivity index (χ2v) is 1.41. The topological polar surface area (TPSA) is 34.1 Å². The molecule has 0 aromatic heterocycles. The molecule has 0 atom stereocenters. The Morgan fingerprint density at radius 2 is 2.12 bits per heavy atom. The molecule has 0 spiro atoms. The Kier molecular flexibility index (Phi) is 9.24. The molecule has 3 heteroatoms. The fraction of sp³-hybridized carbons (Fsp3) is 0.600. The fourth-order valence-corrected chi connectivity index (χ4v) is 0.262. The van der Waals surface area contributed by atoms with Crippen LogP contribution in [-0.2, 0) is 26.7 Å². The fourth-order valence-electron chi connectivity index (χ4n) is 0.262. The molecule has 0 saturated carbocycles. The molecule has 0 aliphatic heterocycles. The summed E-state index contributed by atoms with van der Waals surface area (Å²) in [6.45, 7) is 1.48.